The number of benzene rings is 1. The van der Waals surface area contributed by atoms with Gasteiger partial charge in [0, 0.05) is 24.0 Å². The molecule has 1 saturated heterocycles. The van der Waals surface area contributed by atoms with Crippen molar-refractivity contribution in [3.05, 3.63) is 23.8 Å². The number of nitrogens with two attached hydrogens (primary N) is 2. The number of piperidine rings is 1. The van der Waals surface area contributed by atoms with Gasteiger partial charge in [0.1, 0.15) is 0 Å². The predicted octanol–water partition coefficient (Wildman–Crippen LogP) is 1.65. The van der Waals surface area contributed by atoms with Crippen LogP contribution >= 0.6 is 0 Å². The third-order valence-corrected chi connectivity index (χ3v) is 3.91. The van der Waals surface area contributed by atoms with Gasteiger partial charge in [0.05, 0.1) is 5.56 Å². The van der Waals surface area contributed by atoms with Crippen molar-refractivity contribution in [3.8, 4) is 0 Å². The highest BCUT2D eigenvalue weighted by atomic mass is 16.1. The molecular weight excluding hydrogens is 252 g/mol. The second kappa shape index (κ2) is 6.61. The average molecular weight is 276 g/mol. The van der Waals surface area contributed by atoms with Crippen molar-refractivity contribution in [2.75, 3.05) is 30.7 Å². The van der Waals surface area contributed by atoms with Gasteiger partial charge in [0.15, 0.2) is 0 Å². The molecule has 2 rings (SSSR count). The third kappa shape index (κ3) is 3.63. The van der Waals surface area contributed by atoms with E-state index in [-0.39, 0.29) is 0 Å². The summed E-state index contributed by atoms with van der Waals surface area (Å²) in [7, 11) is 0. The number of nitrogens with zero attached hydrogens (tertiary/aromatic N) is 1. The van der Waals surface area contributed by atoms with Crippen LogP contribution in [0.5, 0.6) is 0 Å². The second-order valence-corrected chi connectivity index (χ2v) is 5.50. The summed E-state index contributed by atoms with van der Waals surface area (Å²) in [5.74, 6) is -0.453. The van der Waals surface area contributed by atoms with Gasteiger partial charge in [-0.2, -0.15) is 0 Å². The van der Waals surface area contributed by atoms with E-state index in [9.17, 15) is 4.79 Å². The topological polar surface area (TPSA) is 84.4 Å². The molecule has 1 heterocycles. The lowest BCUT2D eigenvalue weighted by molar-refractivity contribution is 0.100. The van der Waals surface area contributed by atoms with Crippen LogP contribution in [0.25, 0.3) is 0 Å². The first-order chi connectivity index (χ1) is 9.58. The quantitative estimate of drug-likeness (QED) is 0.714. The molecule has 0 radical (unpaired) electrons. The summed E-state index contributed by atoms with van der Waals surface area (Å²) >= 11 is 0. The fourth-order valence-corrected chi connectivity index (χ4v) is 2.67. The molecule has 5 heteroatoms. The Bertz CT molecular complexity index is 469. The Balaban J connectivity index is 1.97. The van der Waals surface area contributed by atoms with Gasteiger partial charge in [-0.3, -0.25) is 9.69 Å². The van der Waals surface area contributed by atoms with Crippen molar-refractivity contribution in [2.45, 2.75) is 32.2 Å². The Kier molecular flexibility index (Phi) is 4.84. The highest BCUT2D eigenvalue weighted by molar-refractivity contribution is 5.99. The molecule has 1 aliphatic rings. The first-order valence-electron chi connectivity index (χ1n) is 7.25. The van der Waals surface area contributed by atoms with Crippen LogP contribution in [0.2, 0.25) is 0 Å². The van der Waals surface area contributed by atoms with Crippen LogP contribution < -0.4 is 16.8 Å². The van der Waals surface area contributed by atoms with Gasteiger partial charge in [0.2, 0.25) is 0 Å². The molecule has 1 fully saturated rings. The minimum Gasteiger partial charge on any atom is -0.399 e. The van der Waals surface area contributed by atoms with Gasteiger partial charge in [-0.15, -0.1) is 0 Å². The summed E-state index contributed by atoms with van der Waals surface area (Å²) in [5.41, 5.74) is 12.8. The number of carbonyl (C=O) groups is 1. The molecule has 5 N–H and O–H groups in total. The van der Waals surface area contributed by atoms with Crippen LogP contribution in [-0.4, -0.2) is 36.5 Å². The monoisotopic (exact) mass is 276 g/mol. The fourth-order valence-electron chi connectivity index (χ4n) is 2.67. The minimum atomic E-state index is -0.453. The molecule has 110 valence electrons. The molecule has 20 heavy (non-hydrogen) atoms. The summed E-state index contributed by atoms with van der Waals surface area (Å²) < 4.78 is 0. The number of nitrogen functional groups attached to an aromatic ring is 1. The highest BCUT2D eigenvalue weighted by Crippen LogP contribution is 2.19. The third-order valence-electron chi connectivity index (χ3n) is 3.91. The van der Waals surface area contributed by atoms with E-state index >= 15 is 0 Å². The normalized spacial score (nSPS) is 17.6. The number of likely N-dealkylation sites (tertiary alicyclic amines) is 1. The first kappa shape index (κ1) is 14.7. The molecule has 0 aromatic heterocycles. The lowest BCUT2D eigenvalue weighted by Gasteiger charge is -2.32. The SMILES string of the molecule is CC(CNc1ccc(N)cc1C(N)=O)N1CCCCC1. The molecule has 0 saturated carbocycles. The minimum absolute atomic E-state index is 0.438. The van der Waals surface area contributed by atoms with Crippen LogP contribution in [0.1, 0.15) is 36.5 Å². The zero-order chi connectivity index (χ0) is 14.5. The lowest BCUT2D eigenvalue weighted by Crippen LogP contribution is -2.41. The smallest absolute Gasteiger partial charge is 0.250 e. The number of rotatable bonds is 5. The molecule has 1 unspecified atom stereocenters. The van der Waals surface area contributed by atoms with Gasteiger partial charge < -0.3 is 16.8 Å². The number of amides is 1. The molecule has 5 nitrogen and oxygen atoms in total. The second-order valence-electron chi connectivity index (χ2n) is 5.50. The van der Waals surface area contributed by atoms with Gasteiger partial charge in [-0.25, -0.2) is 0 Å². The fraction of sp³-hybridized carbons (Fsp3) is 0.533. The van der Waals surface area contributed by atoms with E-state index in [0.717, 1.165) is 25.3 Å². The van der Waals surface area contributed by atoms with Crippen LogP contribution in [-0.2, 0) is 0 Å². The zero-order valence-electron chi connectivity index (χ0n) is 12.1. The Morgan fingerprint density at radius 2 is 2.05 bits per heavy atom. The number of anilines is 2. The standard InChI is InChI=1S/C15H24N4O/c1-11(19-7-3-2-4-8-19)10-18-14-6-5-12(16)9-13(14)15(17)20/h5-6,9,11,18H,2-4,7-8,10,16H2,1H3,(H2,17,20). The number of carbonyl (C=O) groups excluding carboxylic acids is 1. The lowest BCUT2D eigenvalue weighted by atomic mass is 10.1. The predicted molar refractivity (Wildman–Crippen MR) is 82.7 cm³/mol. The molecule has 1 aliphatic heterocycles. The van der Waals surface area contributed by atoms with Crippen molar-refractivity contribution >= 4 is 17.3 Å². The van der Waals surface area contributed by atoms with Gasteiger partial charge in [-0.05, 0) is 51.1 Å². The van der Waals surface area contributed by atoms with Crippen LogP contribution in [0.15, 0.2) is 18.2 Å². The summed E-state index contributed by atoms with van der Waals surface area (Å²) in [6, 6.07) is 5.66. The van der Waals surface area contributed by atoms with E-state index in [1.807, 2.05) is 6.07 Å². The Morgan fingerprint density at radius 1 is 1.35 bits per heavy atom. The highest BCUT2D eigenvalue weighted by Gasteiger charge is 2.17. The summed E-state index contributed by atoms with van der Waals surface area (Å²) in [4.78, 5) is 13.9. The zero-order valence-corrected chi connectivity index (χ0v) is 12.1. The van der Waals surface area contributed by atoms with Crippen molar-refractivity contribution < 1.29 is 4.79 Å². The maximum absolute atomic E-state index is 11.4. The van der Waals surface area contributed by atoms with E-state index in [4.69, 9.17) is 11.5 Å². The van der Waals surface area contributed by atoms with Crippen LogP contribution in [0, 0.1) is 0 Å². The van der Waals surface area contributed by atoms with Gasteiger partial charge >= 0.3 is 0 Å². The number of hydrogen-bond acceptors (Lipinski definition) is 4. The molecule has 1 amide bonds. The van der Waals surface area contributed by atoms with Crippen molar-refractivity contribution in [1.29, 1.82) is 0 Å². The van der Waals surface area contributed by atoms with Gasteiger partial charge in [0.25, 0.3) is 5.91 Å². The van der Waals surface area contributed by atoms with Crippen LogP contribution in [0.4, 0.5) is 11.4 Å². The molecule has 1 atom stereocenters. The summed E-state index contributed by atoms with van der Waals surface area (Å²) in [5, 5.41) is 3.32. The molecule has 0 aliphatic carbocycles. The Morgan fingerprint density at radius 3 is 2.70 bits per heavy atom. The number of nitrogens with one attached hydrogen (secondary N) is 1. The van der Waals surface area contributed by atoms with Crippen molar-refractivity contribution in [1.82, 2.24) is 4.90 Å². The molecular formula is C15H24N4O. The summed E-state index contributed by atoms with van der Waals surface area (Å²) in [6.45, 7) is 5.32. The molecule has 0 spiro atoms. The van der Waals surface area contributed by atoms with Crippen molar-refractivity contribution in [3.63, 3.8) is 0 Å². The van der Waals surface area contributed by atoms with E-state index in [2.05, 4.69) is 17.1 Å². The summed E-state index contributed by atoms with van der Waals surface area (Å²) in [6.07, 6.45) is 3.89. The van der Waals surface area contributed by atoms with E-state index in [0.29, 0.717) is 17.3 Å². The number of hydrogen-bond donors (Lipinski definition) is 3. The van der Waals surface area contributed by atoms with E-state index in [1.165, 1.54) is 19.3 Å². The van der Waals surface area contributed by atoms with Crippen molar-refractivity contribution in [2.24, 2.45) is 5.73 Å². The largest absolute Gasteiger partial charge is 0.399 e. The van der Waals surface area contributed by atoms with Crippen LogP contribution in [0.3, 0.4) is 0 Å². The average Bonchev–Trinajstić information content (AvgIpc) is 2.46. The maximum atomic E-state index is 11.4. The molecule has 1 aromatic rings. The van der Waals surface area contributed by atoms with Gasteiger partial charge in [-0.1, -0.05) is 6.42 Å². The van der Waals surface area contributed by atoms with E-state index in [1.54, 1.807) is 12.1 Å². The maximum Gasteiger partial charge on any atom is 0.250 e. The Labute approximate surface area is 120 Å². The first-order valence-corrected chi connectivity index (χ1v) is 7.25. The molecule has 1 aromatic carbocycles. The number of primary amides is 1. The Hall–Kier alpha value is -1.75. The molecule has 0 bridgehead atoms. The van der Waals surface area contributed by atoms with E-state index < -0.39 is 5.91 Å².